The van der Waals surface area contributed by atoms with E-state index in [9.17, 15) is 4.79 Å². The second-order valence-electron chi connectivity index (χ2n) is 2.03. The van der Waals surface area contributed by atoms with Gasteiger partial charge in [0.05, 0.1) is 20.1 Å². The molecule has 0 unspecified atom stereocenters. The molecular weight excluding hydrogens is 144 g/mol. The Morgan fingerprint density at radius 2 is 1.73 bits per heavy atom. The second kappa shape index (κ2) is 12.1. The fraction of sp³-hybridized carbons (Fsp3) is 0.875. The maximum absolute atomic E-state index is 10.3. The number of carbonyl (C=O) groups excluding carboxylic acids is 1. The van der Waals surface area contributed by atoms with Crippen molar-refractivity contribution in [3.05, 3.63) is 0 Å². The highest BCUT2D eigenvalue weighted by molar-refractivity contribution is 5.69. The Morgan fingerprint density at radius 3 is 2.00 bits per heavy atom. The quantitative estimate of drug-likeness (QED) is 0.591. The Balaban J connectivity index is 0. The van der Waals surface area contributed by atoms with Gasteiger partial charge in [-0.1, -0.05) is 20.3 Å². The van der Waals surface area contributed by atoms with Crippen molar-refractivity contribution in [2.45, 2.75) is 26.7 Å². The molecule has 0 aromatic carbocycles. The molecular formula is C8H18O3. The summed E-state index contributed by atoms with van der Waals surface area (Å²) in [5, 5.41) is 0. The predicted molar refractivity (Wildman–Crippen MR) is 44.5 cm³/mol. The molecule has 0 bridgehead atoms. The third-order valence-electron chi connectivity index (χ3n) is 0.738. The van der Waals surface area contributed by atoms with E-state index >= 15 is 0 Å². The number of hydrogen-bond donors (Lipinski definition) is 0. The van der Waals surface area contributed by atoms with Gasteiger partial charge >= 0.3 is 5.97 Å². The first-order chi connectivity index (χ1) is 5.22. The van der Waals surface area contributed by atoms with Gasteiger partial charge in [0.2, 0.25) is 0 Å². The van der Waals surface area contributed by atoms with Crippen LogP contribution in [0, 0.1) is 0 Å². The van der Waals surface area contributed by atoms with Crippen LogP contribution in [0.4, 0.5) is 0 Å². The lowest BCUT2D eigenvalue weighted by Gasteiger charge is -1.94. The smallest absolute Gasteiger partial charge is 0.307 e. The van der Waals surface area contributed by atoms with Gasteiger partial charge in [-0.25, -0.2) is 0 Å². The minimum Gasteiger partial charge on any atom is -0.469 e. The zero-order valence-corrected chi connectivity index (χ0v) is 7.85. The van der Waals surface area contributed by atoms with Gasteiger partial charge in [-0.3, -0.25) is 4.79 Å². The zero-order valence-electron chi connectivity index (χ0n) is 7.85. The van der Waals surface area contributed by atoms with E-state index in [-0.39, 0.29) is 5.97 Å². The molecule has 3 heteroatoms. The maximum Gasteiger partial charge on any atom is 0.307 e. The summed E-state index contributed by atoms with van der Waals surface area (Å²) in [6.45, 7) is 4.69. The molecule has 0 N–H and O–H groups in total. The Bertz CT molecular complexity index is 81.4. The first-order valence-corrected chi connectivity index (χ1v) is 3.78. The molecule has 0 saturated heterocycles. The topological polar surface area (TPSA) is 35.5 Å². The molecule has 0 aliphatic carbocycles. The summed E-state index contributed by atoms with van der Waals surface area (Å²) in [7, 11) is 2.90. The van der Waals surface area contributed by atoms with E-state index in [0.29, 0.717) is 13.0 Å². The summed E-state index contributed by atoms with van der Waals surface area (Å²) in [5.74, 6) is -0.230. The van der Waals surface area contributed by atoms with Crippen LogP contribution >= 0.6 is 0 Å². The second-order valence-corrected chi connectivity index (χ2v) is 2.03. The Labute approximate surface area is 68.7 Å². The standard InChI is InChI=1S/C5H10O3.C3H8/c1-7-4-3-5(6)8-2;1-3-2/h3-4H2,1-2H3;3H2,1-2H3. The molecule has 0 saturated carbocycles. The molecule has 0 aromatic heterocycles. The number of ether oxygens (including phenoxy) is 2. The molecule has 0 radical (unpaired) electrons. The van der Waals surface area contributed by atoms with Crippen LogP contribution in [0.2, 0.25) is 0 Å². The van der Waals surface area contributed by atoms with Crippen LogP contribution < -0.4 is 0 Å². The molecule has 3 nitrogen and oxygen atoms in total. The van der Waals surface area contributed by atoms with Crippen LogP contribution in [0.5, 0.6) is 0 Å². The number of hydrogen-bond acceptors (Lipinski definition) is 3. The van der Waals surface area contributed by atoms with Crippen molar-refractivity contribution in [2.75, 3.05) is 20.8 Å². The number of methoxy groups -OCH3 is 2. The Hall–Kier alpha value is -0.570. The van der Waals surface area contributed by atoms with Gasteiger partial charge in [-0.2, -0.15) is 0 Å². The van der Waals surface area contributed by atoms with E-state index in [4.69, 9.17) is 0 Å². The first-order valence-electron chi connectivity index (χ1n) is 3.78. The highest BCUT2D eigenvalue weighted by Gasteiger charge is 1.95. The lowest BCUT2D eigenvalue weighted by molar-refractivity contribution is -0.141. The van der Waals surface area contributed by atoms with Crippen molar-refractivity contribution in [1.29, 1.82) is 0 Å². The van der Waals surface area contributed by atoms with Crippen molar-refractivity contribution in [1.82, 2.24) is 0 Å². The fourth-order valence-electron chi connectivity index (χ4n) is 0.287. The van der Waals surface area contributed by atoms with Gasteiger partial charge in [0.1, 0.15) is 0 Å². The van der Waals surface area contributed by atoms with E-state index in [1.54, 1.807) is 7.11 Å². The average Bonchev–Trinajstić information content (AvgIpc) is 2.02. The van der Waals surface area contributed by atoms with E-state index in [1.807, 2.05) is 0 Å². The Kier molecular flexibility index (Phi) is 14.4. The maximum atomic E-state index is 10.3. The summed E-state index contributed by atoms with van der Waals surface area (Å²) < 4.78 is 8.95. The van der Waals surface area contributed by atoms with Gasteiger partial charge in [0.15, 0.2) is 0 Å². The lowest BCUT2D eigenvalue weighted by Crippen LogP contribution is -2.03. The average molecular weight is 162 g/mol. The molecule has 0 aromatic rings. The molecule has 0 amide bonds. The zero-order chi connectivity index (χ0) is 9.11. The first kappa shape index (κ1) is 13.1. The summed E-state index contributed by atoms with van der Waals surface area (Å²) >= 11 is 0. The molecule has 0 atom stereocenters. The van der Waals surface area contributed by atoms with Crippen molar-refractivity contribution in [3.63, 3.8) is 0 Å². The third kappa shape index (κ3) is 17.7. The normalized spacial score (nSPS) is 8.00. The summed E-state index contributed by atoms with van der Waals surface area (Å²) in [5.41, 5.74) is 0. The summed E-state index contributed by atoms with van der Waals surface area (Å²) in [4.78, 5) is 10.3. The van der Waals surface area contributed by atoms with Gasteiger partial charge in [0.25, 0.3) is 0 Å². The van der Waals surface area contributed by atoms with Gasteiger partial charge in [0, 0.05) is 7.11 Å². The van der Waals surface area contributed by atoms with Crippen molar-refractivity contribution >= 4 is 5.97 Å². The van der Waals surface area contributed by atoms with Crippen molar-refractivity contribution < 1.29 is 14.3 Å². The van der Waals surface area contributed by atoms with Crippen LogP contribution in [-0.4, -0.2) is 26.8 Å². The third-order valence-corrected chi connectivity index (χ3v) is 0.738. The highest BCUT2D eigenvalue weighted by Crippen LogP contribution is 1.82. The predicted octanol–water partition coefficient (Wildman–Crippen LogP) is 1.61. The van der Waals surface area contributed by atoms with Crippen LogP contribution in [0.1, 0.15) is 26.7 Å². The highest BCUT2D eigenvalue weighted by atomic mass is 16.5. The van der Waals surface area contributed by atoms with E-state index in [2.05, 4.69) is 23.3 Å². The molecule has 68 valence electrons. The van der Waals surface area contributed by atoms with E-state index in [0.717, 1.165) is 0 Å². The van der Waals surface area contributed by atoms with Gasteiger partial charge < -0.3 is 9.47 Å². The SMILES string of the molecule is CCC.COCCC(=O)OC. The minimum atomic E-state index is -0.230. The fourth-order valence-corrected chi connectivity index (χ4v) is 0.287. The van der Waals surface area contributed by atoms with Crippen molar-refractivity contribution in [3.8, 4) is 0 Å². The minimum absolute atomic E-state index is 0.230. The molecule has 0 heterocycles. The number of esters is 1. The summed E-state index contributed by atoms with van der Waals surface area (Å²) in [6, 6.07) is 0. The molecule has 0 aliphatic rings. The van der Waals surface area contributed by atoms with Crippen LogP contribution in [0.15, 0.2) is 0 Å². The van der Waals surface area contributed by atoms with E-state index in [1.165, 1.54) is 13.5 Å². The van der Waals surface area contributed by atoms with Crippen LogP contribution in [-0.2, 0) is 14.3 Å². The largest absolute Gasteiger partial charge is 0.469 e. The molecule has 0 aliphatic heterocycles. The van der Waals surface area contributed by atoms with E-state index < -0.39 is 0 Å². The van der Waals surface area contributed by atoms with Crippen LogP contribution in [0.3, 0.4) is 0 Å². The number of carbonyl (C=O) groups is 1. The number of rotatable bonds is 3. The molecule has 0 spiro atoms. The molecule has 0 fully saturated rings. The monoisotopic (exact) mass is 162 g/mol. The molecule has 11 heavy (non-hydrogen) atoms. The Morgan fingerprint density at radius 1 is 1.27 bits per heavy atom. The van der Waals surface area contributed by atoms with Gasteiger partial charge in [-0.05, 0) is 0 Å². The molecule has 0 rings (SSSR count). The van der Waals surface area contributed by atoms with Crippen molar-refractivity contribution in [2.24, 2.45) is 0 Å². The lowest BCUT2D eigenvalue weighted by atomic mass is 10.5. The van der Waals surface area contributed by atoms with Gasteiger partial charge in [-0.15, -0.1) is 0 Å². The summed E-state index contributed by atoms with van der Waals surface area (Å²) in [6.07, 6.45) is 1.59. The van der Waals surface area contributed by atoms with Crippen LogP contribution in [0.25, 0.3) is 0 Å².